The fourth-order valence-electron chi connectivity index (χ4n) is 1.70. The van der Waals surface area contributed by atoms with E-state index in [0.29, 0.717) is 16.4 Å². The number of rotatable bonds is 4. The largest absolute Gasteiger partial charge is 0.305 e. The molecule has 2 heterocycles. The van der Waals surface area contributed by atoms with Crippen molar-refractivity contribution in [1.29, 1.82) is 0 Å². The molecule has 0 aliphatic rings. The average molecular weight is 279 g/mol. The van der Waals surface area contributed by atoms with E-state index in [2.05, 4.69) is 27.4 Å². The molecule has 0 saturated heterocycles. The van der Waals surface area contributed by atoms with Gasteiger partial charge in [-0.1, -0.05) is 24.9 Å². The average Bonchev–Trinajstić information content (AvgIpc) is 2.76. The molecule has 0 saturated carbocycles. The number of carbonyl (C=O) groups is 1. The van der Waals surface area contributed by atoms with E-state index < -0.39 is 0 Å². The fraction of sp³-hybridized carbons (Fsp3) is 0.308. The first-order chi connectivity index (χ1) is 9.10. The monoisotopic (exact) mass is 278 g/mol. The van der Waals surface area contributed by atoms with Crippen LogP contribution in [0.5, 0.6) is 0 Å². The summed E-state index contributed by atoms with van der Waals surface area (Å²) in [4.78, 5) is 16.1. The smallest absolute Gasteiger partial charge is 0.259 e. The number of nitrogens with one attached hydrogen (secondary N) is 2. The lowest BCUT2D eigenvalue weighted by molar-refractivity contribution is 0.102. The van der Waals surface area contributed by atoms with E-state index in [1.807, 2.05) is 13.0 Å². The van der Waals surface area contributed by atoms with Gasteiger partial charge in [-0.05, 0) is 19.4 Å². The van der Waals surface area contributed by atoms with Crippen LogP contribution >= 0.6 is 11.6 Å². The molecule has 0 aliphatic carbocycles. The van der Waals surface area contributed by atoms with Gasteiger partial charge in [-0.3, -0.25) is 14.9 Å². The lowest BCUT2D eigenvalue weighted by Crippen LogP contribution is -2.13. The Morgan fingerprint density at radius 1 is 1.47 bits per heavy atom. The van der Waals surface area contributed by atoms with Crippen molar-refractivity contribution in [1.82, 2.24) is 15.2 Å². The molecule has 0 atom stereocenters. The summed E-state index contributed by atoms with van der Waals surface area (Å²) < 4.78 is 0. The molecular formula is C13H15ClN4O. The Balaban J connectivity index is 2.11. The molecule has 0 aromatic carbocycles. The number of aromatic nitrogens is 3. The van der Waals surface area contributed by atoms with Crippen LogP contribution in [-0.2, 0) is 6.42 Å². The molecule has 2 N–H and O–H groups in total. The number of carbonyl (C=O) groups excluding carboxylic acids is 1. The maximum atomic E-state index is 12.0. The van der Waals surface area contributed by atoms with Gasteiger partial charge in [0.2, 0.25) is 0 Å². The van der Waals surface area contributed by atoms with E-state index in [0.717, 1.165) is 24.2 Å². The Kier molecular flexibility index (Phi) is 4.16. The summed E-state index contributed by atoms with van der Waals surface area (Å²) in [6, 6.07) is 3.47. The highest BCUT2D eigenvalue weighted by atomic mass is 35.5. The second-order valence-electron chi connectivity index (χ2n) is 4.29. The van der Waals surface area contributed by atoms with Crippen LogP contribution in [0.15, 0.2) is 18.3 Å². The van der Waals surface area contributed by atoms with Crippen molar-refractivity contribution in [3.8, 4) is 0 Å². The van der Waals surface area contributed by atoms with Gasteiger partial charge in [-0.2, -0.15) is 5.10 Å². The molecular weight excluding hydrogens is 264 g/mol. The minimum Gasteiger partial charge on any atom is -0.305 e. The van der Waals surface area contributed by atoms with E-state index in [4.69, 9.17) is 11.6 Å². The van der Waals surface area contributed by atoms with Crippen LogP contribution in [0.3, 0.4) is 0 Å². The number of aromatic amines is 1. The number of hydrogen-bond acceptors (Lipinski definition) is 3. The Hall–Kier alpha value is -1.88. The molecule has 1 amide bonds. The standard InChI is InChI=1S/C13H15ClN4O/c1-3-4-9-6-12(18-17-9)16-13(19)10-7-15-8(2)5-11(10)14/h5-7H,3-4H2,1-2H3,(H2,16,17,18,19). The third-order valence-corrected chi connectivity index (χ3v) is 2.94. The molecule has 2 aromatic rings. The zero-order valence-corrected chi connectivity index (χ0v) is 11.6. The van der Waals surface area contributed by atoms with E-state index in [-0.39, 0.29) is 5.91 Å². The summed E-state index contributed by atoms with van der Waals surface area (Å²) in [5.74, 6) is 0.178. The summed E-state index contributed by atoms with van der Waals surface area (Å²) in [6.45, 7) is 3.90. The zero-order valence-electron chi connectivity index (χ0n) is 10.8. The Bertz CT molecular complexity index is 594. The summed E-state index contributed by atoms with van der Waals surface area (Å²) in [5, 5.41) is 9.98. The van der Waals surface area contributed by atoms with Crippen molar-refractivity contribution >= 4 is 23.3 Å². The number of nitrogens with zero attached hydrogens (tertiary/aromatic N) is 2. The van der Waals surface area contributed by atoms with Gasteiger partial charge >= 0.3 is 0 Å². The van der Waals surface area contributed by atoms with Crippen LogP contribution in [0.25, 0.3) is 0 Å². The van der Waals surface area contributed by atoms with Crippen molar-refractivity contribution in [3.63, 3.8) is 0 Å². The van der Waals surface area contributed by atoms with Gasteiger partial charge in [-0.25, -0.2) is 0 Å². The Labute approximate surface area is 116 Å². The second kappa shape index (κ2) is 5.84. The molecule has 0 bridgehead atoms. The van der Waals surface area contributed by atoms with Gasteiger partial charge in [0.25, 0.3) is 5.91 Å². The van der Waals surface area contributed by atoms with Gasteiger partial charge in [0.15, 0.2) is 5.82 Å². The maximum absolute atomic E-state index is 12.0. The predicted molar refractivity (Wildman–Crippen MR) is 74.5 cm³/mol. The van der Waals surface area contributed by atoms with Crippen LogP contribution in [0.1, 0.15) is 35.1 Å². The van der Waals surface area contributed by atoms with Crippen LogP contribution in [-0.4, -0.2) is 21.1 Å². The summed E-state index contributed by atoms with van der Waals surface area (Å²) in [6.07, 6.45) is 3.38. The quantitative estimate of drug-likeness (QED) is 0.903. The van der Waals surface area contributed by atoms with Crippen LogP contribution in [0, 0.1) is 6.92 Å². The van der Waals surface area contributed by atoms with Crippen LogP contribution in [0.4, 0.5) is 5.82 Å². The van der Waals surface area contributed by atoms with Gasteiger partial charge < -0.3 is 5.32 Å². The number of pyridine rings is 1. The maximum Gasteiger partial charge on any atom is 0.259 e. The van der Waals surface area contributed by atoms with Gasteiger partial charge in [0, 0.05) is 23.7 Å². The van der Waals surface area contributed by atoms with Crippen molar-refractivity contribution in [2.24, 2.45) is 0 Å². The molecule has 2 rings (SSSR count). The molecule has 0 spiro atoms. The van der Waals surface area contributed by atoms with Crippen molar-refractivity contribution < 1.29 is 4.79 Å². The van der Waals surface area contributed by atoms with Crippen molar-refractivity contribution in [3.05, 3.63) is 40.3 Å². The molecule has 0 unspecified atom stereocenters. The summed E-state index contributed by atoms with van der Waals surface area (Å²) >= 11 is 6.02. The van der Waals surface area contributed by atoms with Crippen molar-refractivity contribution in [2.75, 3.05) is 5.32 Å². The van der Waals surface area contributed by atoms with E-state index in [1.54, 1.807) is 6.07 Å². The first-order valence-electron chi connectivity index (χ1n) is 6.08. The molecule has 19 heavy (non-hydrogen) atoms. The molecule has 5 nitrogen and oxygen atoms in total. The van der Waals surface area contributed by atoms with Crippen LogP contribution < -0.4 is 5.32 Å². The van der Waals surface area contributed by atoms with Gasteiger partial charge in [-0.15, -0.1) is 0 Å². The normalized spacial score (nSPS) is 10.5. The lowest BCUT2D eigenvalue weighted by Gasteiger charge is -2.04. The molecule has 6 heteroatoms. The first kappa shape index (κ1) is 13.5. The number of halogens is 1. The molecule has 0 radical (unpaired) electrons. The van der Waals surface area contributed by atoms with Crippen molar-refractivity contribution in [2.45, 2.75) is 26.7 Å². The highest BCUT2D eigenvalue weighted by Gasteiger charge is 2.12. The van der Waals surface area contributed by atoms with Crippen LogP contribution in [0.2, 0.25) is 5.02 Å². The number of aryl methyl sites for hydroxylation is 2. The number of amides is 1. The summed E-state index contributed by atoms with van der Waals surface area (Å²) in [7, 11) is 0. The van der Waals surface area contributed by atoms with Gasteiger partial charge in [0.05, 0.1) is 10.6 Å². The Morgan fingerprint density at radius 3 is 2.95 bits per heavy atom. The first-order valence-corrected chi connectivity index (χ1v) is 6.45. The predicted octanol–water partition coefficient (Wildman–Crippen LogP) is 2.97. The molecule has 100 valence electrons. The SMILES string of the molecule is CCCc1cc(NC(=O)c2cnc(C)cc2Cl)n[nH]1. The summed E-state index contributed by atoms with van der Waals surface area (Å²) in [5.41, 5.74) is 2.10. The fourth-order valence-corrected chi connectivity index (χ4v) is 1.99. The molecule has 0 aliphatic heterocycles. The third kappa shape index (κ3) is 3.32. The highest BCUT2D eigenvalue weighted by Crippen LogP contribution is 2.17. The van der Waals surface area contributed by atoms with E-state index in [1.165, 1.54) is 6.20 Å². The number of hydrogen-bond donors (Lipinski definition) is 2. The minimum absolute atomic E-state index is 0.313. The van der Waals surface area contributed by atoms with E-state index >= 15 is 0 Å². The molecule has 0 fully saturated rings. The lowest BCUT2D eigenvalue weighted by atomic mass is 10.2. The topological polar surface area (TPSA) is 70.7 Å². The minimum atomic E-state index is -0.313. The number of H-pyrrole nitrogens is 1. The Morgan fingerprint density at radius 2 is 2.26 bits per heavy atom. The molecule has 2 aromatic heterocycles. The second-order valence-corrected chi connectivity index (χ2v) is 4.70. The number of anilines is 1. The third-order valence-electron chi connectivity index (χ3n) is 2.63. The highest BCUT2D eigenvalue weighted by molar-refractivity contribution is 6.34. The zero-order chi connectivity index (χ0) is 13.8. The van der Waals surface area contributed by atoms with Gasteiger partial charge in [0.1, 0.15) is 0 Å². The van der Waals surface area contributed by atoms with E-state index in [9.17, 15) is 4.79 Å².